The van der Waals surface area contributed by atoms with E-state index in [0.717, 1.165) is 0 Å². The number of hydrogen-bond donors (Lipinski definition) is 0. The Labute approximate surface area is 81.1 Å². The number of imidazole rings is 1. The second-order valence-corrected chi connectivity index (χ2v) is 2.99. The number of methoxy groups -OCH3 is 1. The van der Waals surface area contributed by atoms with Crippen LogP contribution < -0.4 is 4.74 Å². The minimum Gasteiger partial charge on any atom is -0.493 e. The van der Waals surface area contributed by atoms with Crippen molar-refractivity contribution >= 4 is 11.4 Å². The van der Waals surface area contributed by atoms with Crippen LogP contribution in [-0.4, -0.2) is 22.3 Å². The molecular weight excluding hydrogens is 180 g/mol. The summed E-state index contributed by atoms with van der Waals surface area (Å²) in [5, 5.41) is 0. The van der Waals surface area contributed by atoms with E-state index in [1.807, 2.05) is 18.3 Å². The first-order chi connectivity index (χ1) is 6.72. The highest BCUT2D eigenvalue weighted by molar-refractivity contribution is 5.92. The SMILES string of the molecule is COc1cccn2cc(C(C)=O)nc12. The van der Waals surface area contributed by atoms with Crippen LogP contribution in [0.5, 0.6) is 5.75 Å². The number of nitrogens with zero attached hydrogens (tertiary/aromatic N) is 2. The molecule has 0 aliphatic rings. The zero-order valence-corrected chi connectivity index (χ0v) is 8.02. The second-order valence-electron chi connectivity index (χ2n) is 2.99. The third-order valence-corrected chi connectivity index (χ3v) is 2.03. The average molecular weight is 190 g/mol. The molecule has 0 aliphatic heterocycles. The van der Waals surface area contributed by atoms with Gasteiger partial charge in [-0.1, -0.05) is 0 Å². The van der Waals surface area contributed by atoms with Crippen LogP contribution in [0.4, 0.5) is 0 Å². The molecule has 2 aromatic heterocycles. The van der Waals surface area contributed by atoms with Crippen molar-refractivity contribution in [3.63, 3.8) is 0 Å². The van der Waals surface area contributed by atoms with Crippen LogP contribution in [0.15, 0.2) is 24.5 Å². The third kappa shape index (κ3) is 1.25. The van der Waals surface area contributed by atoms with Crippen molar-refractivity contribution < 1.29 is 9.53 Å². The first-order valence-corrected chi connectivity index (χ1v) is 4.25. The van der Waals surface area contributed by atoms with E-state index in [2.05, 4.69) is 4.98 Å². The Bertz CT molecular complexity index is 488. The van der Waals surface area contributed by atoms with Crippen molar-refractivity contribution in [2.45, 2.75) is 6.92 Å². The molecule has 0 fully saturated rings. The minimum absolute atomic E-state index is 0.0456. The standard InChI is InChI=1S/C10H10N2O2/c1-7(13)8-6-12-5-3-4-9(14-2)10(12)11-8/h3-6H,1-2H3. The highest BCUT2D eigenvalue weighted by Crippen LogP contribution is 2.18. The molecule has 0 saturated carbocycles. The third-order valence-electron chi connectivity index (χ3n) is 2.03. The van der Waals surface area contributed by atoms with Gasteiger partial charge in [0.15, 0.2) is 17.2 Å². The molecule has 0 atom stereocenters. The first kappa shape index (κ1) is 8.74. The van der Waals surface area contributed by atoms with Crippen LogP contribution in [0.2, 0.25) is 0 Å². The number of aromatic nitrogens is 2. The average Bonchev–Trinajstić information content (AvgIpc) is 2.60. The first-order valence-electron chi connectivity index (χ1n) is 4.25. The summed E-state index contributed by atoms with van der Waals surface area (Å²) in [5.74, 6) is 0.621. The molecule has 0 unspecified atom stereocenters. The predicted molar refractivity (Wildman–Crippen MR) is 51.7 cm³/mol. The van der Waals surface area contributed by atoms with Gasteiger partial charge < -0.3 is 9.14 Å². The summed E-state index contributed by atoms with van der Waals surface area (Å²) in [6.07, 6.45) is 3.53. The quantitative estimate of drug-likeness (QED) is 0.675. The molecule has 0 bridgehead atoms. The lowest BCUT2D eigenvalue weighted by molar-refractivity contribution is 0.101. The van der Waals surface area contributed by atoms with Crippen LogP contribution in [-0.2, 0) is 0 Å². The number of pyridine rings is 1. The molecule has 0 N–H and O–H groups in total. The van der Waals surface area contributed by atoms with Gasteiger partial charge in [-0.15, -0.1) is 0 Å². The molecule has 0 aliphatic carbocycles. The van der Waals surface area contributed by atoms with Gasteiger partial charge in [-0.05, 0) is 12.1 Å². The summed E-state index contributed by atoms with van der Waals surface area (Å²) in [4.78, 5) is 15.3. The molecule has 4 heteroatoms. The number of carbonyl (C=O) groups is 1. The smallest absolute Gasteiger partial charge is 0.180 e. The summed E-state index contributed by atoms with van der Waals surface area (Å²) < 4.78 is 6.90. The van der Waals surface area contributed by atoms with Crippen LogP contribution in [0, 0.1) is 0 Å². The van der Waals surface area contributed by atoms with Crippen molar-refractivity contribution in [1.29, 1.82) is 0 Å². The zero-order chi connectivity index (χ0) is 10.1. The molecule has 0 radical (unpaired) electrons. The lowest BCUT2D eigenvalue weighted by atomic mass is 10.3. The Balaban J connectivity index is 2.70. The van der Waals surface area contributed by atoms with Gasteiger partial charge >= 0.3 is 0 Å². The van der Waals surface area contributed by atoms with Crippen molar-refractivity contribution in [3.8, 4) is 5.75 Å². The van der Waals surface area contributed by atoms with E-state index in [4.69, 9.17) is 4.74 Å². The molecule has 2 aromatic rings. The number of ketones is 1. The Morgan fingerprint density at radius 3 is 3.00 bits per heavy atom. The summed E-state index contributed by atoms with van der Waals surface area (Å²) in [6.45, 7) is 1.49. The summed E-state index contributed by atoms with van der Waals surface area (Å²) in [5.41, 5.74) is 1.12. The molecular formula is C10H10N2O2. The van der Waals surface area contributed by atoms with E-state index in [9.17, 15) is 4.79 Å². The number of Topliss-reactive ketones (excluding diaryl/α,β-unsaturated/α-hetero) is 1. The van der Waals surface area contributed by atoms with E-state index >= 15 is 0 Å². The summed E-state index contributed by atoms with van der Waals surface area (Å²) in [6, 6.07) is 3.66. The summed E-state index contributed by atoms with van der Waals surface area (Å²) in [7, 11) is 1.58. The Morgan fingerprint density at radius 1 is 1.57 bits per heavy atom. The van der Waals surface area contributed by atoms with Gasteiger partial charge in [0.05, 0.1) is 7.11 Å². The maximum Gasteiger partial charge on any atom is 0.180 e. The van der Waals surface area contributed by atoms with E-state index < -0.39 is 0 Å². The van der Waals surface area contributed by atoms with Gasteiger partial charge in [0, 0.05) is 19.3 Å². The van der Waals surface area contributed by atoms with Crippen molar-refractivity contribution in [3.05, 3.63) is 30.2 Å². The molecule has 0 aromatic carbocycles. The molecule has 72 valence electrons. The topological polar surface area (TPSA) is 43.6 Å². The monoisotopic (exact) mass is 190 g/mol. The summed E-state index contributed by atoms with van der Waals surface area (Å²) >= 11 is 0. The molecule has 4 nitrogen and oxygen atoms in total. The van der Waals surface area contributed by atoms with Crippen LogP contribution in [0.1, 0.15) is 17.4 Å². The van der Waals surface area contributed by atoms with E-state index in [-0.39, 0.29) is 5.78 Å². The lowest BCUT2D eigenvalue weighted by Gasteiger charge is -1.99. The fourth-order valence-corrected chi connectivity index (χ4v) is 1.32. The van der Waals surface area contributed by atoms with Gasteiger partial charge in [-0.25, -0.2) is 4.98 Å². The molecule has 2 rings (SSSR count). The molecule has 0 spiro atoms. The lowest BCUT2D eigenvalue weighted by Crippen LogP contribution is -1.90. The zero-order valence-electron chi connectivity index (χ0n) is 8.02. The minimum atomic E-state index is -0.0456. The van der Waals surface area contributed by atoms with Crippen molar-refractivity contribution in [1.82, 2.24) is 9.38 Å². The highest BCUT2D eigenvalue weighted by atomic mass is 16.5. The molecule has 14 heavy (non-hydrogen) atoms. The fraction of sp³-hybridized carbons (Fsp3) is 0.200. The van der Waals surface area contributed by atoms with Crippen LogP contribution in [0.25, 0.3) is 5.65 Å². The number of rotatable bonds is 2. The normalized spacial score (nSPS) is 10.4. The molecule has 0 amide bonds. The van der Waals surface area contributed by atoms with Gasteiger partial charge in [0.2, 0.25) is 0 Å². The number of ether oxygens (including phenoxy) is 1. The Hall–Kier alpha value is -1.84. The van der Waals surface area contributed by atoms with E-state index in [0.29, 0.717) is 17.1 Å². The number of carbonyl (C=O) groups excluding carboxylic acids is 1. The van der Waals surface area contributed by atoms with E-state index in [1.54, 1.807) is 17.7 Å². The van der Waals surface area contributed by atoms with Gasteiger partial charge in [-0.3, -0.25) is 4.79 Å². The molecule has 2 heterocycles. The predicted octanol–water partition coefficient (Wildman–Crippen LogP) is 1.55. The van der Waals surface area contributed by atoms with Gasteiger partial charge in [0.1, 0.15) is 5.69 Å². The van der Waals surface area contributed by atoms with Crippen molar-refractivity contribution in [2.24, 2.45) is 0 Å². The number of fused-ring (bicyclic) bond motifs is 1. The fourth-order valence-electron chi connectivity index (χ4n) is 1.32. The second kappa shape index (κ2) is 3.14. The Morgan fingerprint density at radius 2 is 2.36 bits per heavy atom. The maximum absolute atomic E-state index is 11.1. The van der Waals surface area contributed by atoms with Crippen LogP contribution in [0.3, 0.4) is 0 Å². The molecule has 0 saturated heterocycles. The van der Waals surface area contributed by atoms with Gasteiger partial charge in [0.25, 0.3) is 0 Å². The van der Waals surface area contributed by atoms with E-state index in [1.165, 1.54) is 6.92 Å². The van der Waals surface area contributed by atoms with Crippen molar-refractivity contribution in [2.75, 3.05) is 7.11 Å². The van der Waals surface area contributed by atoms with Gasteiger partial charge in [-0.2, -0.15) is 0 Å². The largest absolute Gasteiger partial charge is 0.493 e. The Kier molecular flexibility index (Phi) is 1.96. The maximum atomic E-state index is 11.1. The number of hydrogen-bond acceptors (Lipinski definition) is 3. The highest BCUT2D eigenvalue weighted by Gasteiger charge is 2.08. The van der Waals surface area contributed by atoms with Crippen LogP contribution >= 0.6 is 0 Å².